The number of hydrogen-bond acceptors (Lipinski definition) is 3. The topological polar surface area (TPSA) is 27.7 Å². The molecule has 0 saturated carbocycles. The molecule has 3 atom stereocenters. The van der Waals surface area contributed by atoms with Crippen LogP contribution in [0.2, 0.25) is 0 Å². The van der Waals surface area contributed by atoms with Gasteiger partial charge in [0.2, 0.25) is 0 Å². The van der Waals surface area contributed by atoms with E-state index in [1.807, 2.05) is 91.0 Å². The van der Waals surface area contributed by atoms with Crippen LogP contribution in [-0.4, -0.2) is 7.32 Å². The first-order valence-corrected chi connectivity index (χ1v) is 10.5. The van der Waals surface area contributed by atoms with Gasteiger partial charge >= 0.3 is 7.32 Å². The van der Waals surface area contributed by atoms with Crippen LogP contribution in [0.3, 0.4) is 0 Å². The molecule has 0 aliphatic carbocycles. The molecule has 0 aliphatic rings. The van der Waals surface area contributed by atoms with Crippen LogP contribution in [0.25, 0.3) is 0 Å². The molecule has 0 saturated heterocycles. The van der Waals surface area contributed by atoms with E-state index in [4.69, 9.17) is 13.3 Å². The largest absolute Gasteiger partial charge is 0.649 e. The molecule has 0 aliphatic heterocycles. The predicted octanol–water partition coefficient (Wildman–Crippen LogP) is 3.78. The maximum absolute atomic E-state index is 5.87. The monoisotopic (exact) mass is 386 g/mol. The average molecular weight is 386 g/mol. The molecule has 3 nitrogen and oxygen atoms in total. The highest BCUT2D eigenvalue weighted by molar-refractivity contribution is 7.47. The van der Waals surface area contributed by atoms with Crippen molar-refractivity contribution in [3.63, 3.8) is 0 Å². The lowest BCUT2D eigenvalue weighted by Gasteiger charge is -2.14. The van der Waals surface area contributed by atoms with Crippen LogP contribution in [0.4, 0.5) is 0 Å². The predicted molar refractivity (Wildman–Crippen MR) is 112 cm³/mol. The molecule has 3 rings (SSSR count). The Labute approximate surface area is 154 Å². The van der Waals surface area contributed by atoms with E-state index in [1.165, 1.54) is 0 Å². The van der Waals surface area contributed by atoms with Crippen LogP contribution < -0.4 is 15.9 Å². The summed E-state index contributed by atoms with van der Waals surface area (Å²) in [4.78, 5) is 0. The van der Waals surface area contributed by atoms with E-state index in [0.717, 1.165) is 15.9 Å². The molecule has 0 amide bonds. The van der Waals surface area contributed by atoms with Gasteiger partial charge < -0.3 is 13.3 Å². The molecule has 0 spiro atoms. The van der Waals surface area contributed by atoms with E-state index < -0.39 is 7.32 Å². The van der Waals surface area contributed by atoms with Crippen molar-refractivity contribution in [2.45, 2.75) is 0 Å². The van der Waals surface area contributed by atoms with E-state index in [9.17, 15) is 0 Å². The van der Waals surface area contributed by atoms with Crippen LogP contribution in [0.5, 0.6) is 0 Å². The van der Waals surface area contributed by atoms with Gasteiger partial charge in [0.05, 0.1) is 0 Å². The zero-order chi connectivity index (χ0) is 17.2. The second-order valence-electron chi connectivity index (χ2n) is 5.05. The van der Waals surface area contributed by atoms with Crippen molar-refractivity contribution in [3.05, 3.63) is 91.0 Å². The highest BCUT2D eigenvalue weighted by Crippen LogP contribution is 2.25. The Morgan fingerprint density at radius 1 is 0.440 bits per heavy atom. The Morgan fingerprint density at radius 2 is 0.720 bits per heavy atom. The highest BCUT2D eigenvalue weighted by Gasteiger charge is 2.22. The lowest BCUT2D eigenvalue weighted by atomic mass is 10.3. The lowest BCUT2D eigenvalue weighted by molar-refractivity contribution is 0.369. The smallest absolute Gasteiger partial charge is 0.361 e. The molecule has 3 unspecified atom stereocenters. The second-order valence-corrected chi connectivity index (χ2v) is 8.10. The van der Waals surface area contributed by atoms with Gasteiger partial charge in [0, 0.05) is 26.4 Å². The maximum Gasteiger partial charge on any atom is 0.649 e. The summed E-state index contributed by atoms with van der Waals surface area (Å²) < 4.78 is 17.6. The third-order valence-corrected chi connectivity index (χ3v) is 5.78. The van der Waals surface area contributed by atoms with Gasteiger partial charge in [0.1, 0.15) is 0 Å². The van der Waals surface area contributed by atoms with Gasteiger partial charge in [-0.2, -0.15) is 0 Å². The average Bonchev–Trinajstić information content (AvgIpc) is 2.70. The van der Waals surface area contributed by atoms with Crippen molar-refractivity contribution < 1.29 is 13.3 Å². The van der Waals surface area contributed by atoms with Gasteiger partial charge in [-0.05, 0) is 15.9 Å². The molecule has 25 heavy (non-hydrogen) atoms. The number of rotatable bonds is 9. The molecule has 0 fully saturated rings. The van der Waals surface area contributed by atoms with Gasteiger partial charge in [-0.15, -0.1) is 0 Å². The van der Waals surface area contributed by atoms with Crippen molar-refractivity contribution in [2.75, 3.05) is 0 Å². The molecule has 3 aromatic rings. The Balaban J connectivity index is 1.56. The normalized spacial score (nSPS) is 12.0. The van der Waals surface area contributed by atoms with Crippen molar-refractivity contribution in [1.82, 2.24) is 0 Å². The van der Waals surface area contributed by atoms with Gasteiger partial charge in [0.25, 0.3) is 0 Å². The summed E-state index contributed by atoms with van der Waals surface area (Å²) in [6.07, 6.45) is 0. The van der Waals surface area contributed by atoms with Gasteiger partial charge in [-0.25, -0.2) is 0 Å². The fourth-order valence-corrected chi connectivity index (χ4v) is 4.20. The summed E-state index contributed by atoms with van der Waals surface area (Å²) in [7, 11) is -0.148. The molecule has 0 heterocycles. The Kier molecular flexibility index (Phi) is 8.06. The van der Waals surface area contributed by atoms with Crippen LogP contribution in [0.15, 0.2) is 91.0 Å². The third-order valence-electron chi connectivity index (χ3n) is 3.14. The summed E-state index contributed by atoms with van der Waals surface area (Å²) >= 11 is 0. The summed E-state index contributed by atoms with van der Waals surface area (Å²) in [6, 6.07) is 30.2. The van der Waals surface area contributed by atoms with Crippen molar-refractivity contribution in [1.29, 1.82) is 0 Å². The van der Waals surface area contributed by atoms with Gasteiger partial charge in [0.15, 0.2) is 0 Å². The first kappa shape index (κ1) is 18.7. The van der Waals surface area contributed by atoms with Crippen molar-refractivity contribution in [2.24, 2.45) is 0 Å². The van der Waals surface area contributed by atoms with Gasteiger partial charge in [-0.1, -0.05) is 91.0 Å². The number of hydrogen-bond donors (Lipinski definition) is 0. The standard InChI is InChI=1S/C18H18BO3P3/c1-4-10-16(11-5-1)23-20-19(21-24-17-12-6-2-7-13-17)22-25-18-14-8-3-9-15-18/h1-15,23-25H. The minimum Gasteiger partial charge on any atom is -0.361 e. The molecule has 0 radical (unpaired) electrons. The summed E-state index contributed by atoms with van der Waals surface area (Å²) in [5.41, 5.74) is 0. The quantitative estimate of drug-likeness (QED) is 0.414. The molecule has 3 aromatic carbocycles. The minimum atomic E-state index is -0.685. The minimum absolute atomic E-state index is 0.179. The maximum atomic E-state index is 5.87. The molecule has 0 aromatic heterocycles. The van der Waals surface area contributed by atoms with E-state index in [2.05, 4.69) is 0 Å². The molecule has 0 N–H and O–H groups in total. The van der Waals surface area contributed by atoms with Crippen molar-refractivity contribution in [3.8, 4) is 0 Å². The third kappa shape index (κ3) is 6.96. The highest BCUT2D eigenvalue weighted by atomic mass is 31.1. The molecular weight excluding hydrogens is 368 g/mol. The van der Waals surface area contributed by atoms with Crippen LogP contribution in [0.1, 0.15) is 0 Å². The Morgan fingerprint density at radius 3 is 1.00 bits per heavy atom. The van der Waals surface area contributed by atoms with E-state index in [-0.39, 0.29) is 26.4 Å². The molecule has 0 bridgehead atoms. The second kappa shape index (κ2) is 10.8. The van der Waals surface area contributed by atoms with Crippen LogP contribution in [0, 0.1) is 0 Å². The summed E-state index contributed by atoms with van der Waals surface area (Å²) in [5.74, 6) is 0. The molecule has 126 valence electrons. The summed E-state index contributed by atoms with van der Waals surface area (Å²) in [6.45, 7) is 0. The SMILES string of the molecule is c1ccc(POB(OPc2ccccc2)OPc2ccccc2)cc1. The first-order chi connectivity index (χ1) is 12.4. The van der Waals surface area contributed by atoms with E-state index >= 15 is 0 Å². The zero-order valence-corrected chi connectivity index (χ0v) is 16.5. The Hall–Kier alpha value is -1.11. The molecular formula is C18H18BO3P3. The fourth-order valence-electron chi connectivity index (χ4n) is 1.94. The first-order valence-electron chi connectivity index (χ1n) is 7.80. The van der Waals surface area contributed by atoms with Crippen molar-refractivity contribution >= 4 is 49.7 Å². The van der Waals surface area contributed by atoms with Crippen LogP contribution in [-0.2, 0) is 13.3 Å². The fraction of sp³-hybridized carbons (Fsp3) is 0. The lowest BCUT2D eigenvalue weighted by Crippen LogP contribution is -2.20. The van der Waals surface area contributed by atoms with Crippen LogP contribution >= 0.6 is 26.4 Å². The van der Waals surface area contributed by atoms with E-state index in [0.29, 0.717) is 0 Å². The van der Waals surface area contributed by atoms with E-state index in [1.54, 1.807) is 0 Å². The summed E-state index contributed by atoms with van der Waals surface area (Å²) in [5, 5.41) is 3.35. The zero-order valence-electron chi connectivity index (χ0n) is 13.5. The number of benzene rings is 3. The molecule has 7 heteroatoms. The van der Waals surface area contributed by atoms with Gasteiger partial charge in [-0.3, -0.25) is 0 Å². The Bertz CT molecular complexity index is 629.